The molecule has 0 saturated carbocycles. The van der Waals surface area contributed by atoms with Gasteiger partial charge < -0.3 is 10.1 Å². The van der Waals surface area contributed by atoms with E-state index in [2.05, 4.69) is 5.32 Å². The van der Waals surface area contributed by atoms with Gasteiger partial charge in [0.05, 0.1) is 12.3 Å². The van der Waals surface area contributed by atoms with Crippen LogP contribution in [0.4, 0.5) is 5.69 Å². The van der Waals surface area contributed by atoms with Crippen LogP contribution in [0.5, 0.6) is 5.75 Å². The Morgan fingerprint density at radius 2 is 2.33 bits per heavy atom. The summed E-state index contributed by atoms with van der Waals surface area (Å²) < 4.78 is 5.27. The van der Waals surface area contributed by atoms with Crippen molar-refractivity contribution in [2.24, 2.45) is 0 Å². The molecule has 0 fully saturated rings. The molecule has 0 bridgehead atoms. The molecule has 0 aliphatic heterocycles. The number of anilines is 1. The lowest BCUT2D eigenvalue weighted by molar-refractivity contribution is -0.105. The third kappa shape index (κ3) is 1.99. The third-order valence-electron chi connectivity index (χ3n) is 1.40. The molecule has 0 spiro atoms. The molecule has 0 aliphatic rings. The van der Waals surface area contributed by atoms with Gasteiger partial charge in [-0.05, 0) is 19.1 Å². The second kappa shape index (κ2) is 4.38. The molecule has 1 aromatic rings. The van der Waals surface area contributed by atoms with Crippen LogP contribution in [-0.4, -0.2) is 13.0 Å². The first-order chi connectivity index (χ1) is 5.88. The van der Waals surface area contributed by atoms with Gasteiger partial charge in [0.15, 0.2) is 0 Å². The largest absolute Gasteiger partial charge is 0.492 e. The summed E-state index contributed by atoms with van der Waals surface area (Å²) in [6.07, 6.45) is 0.637. The van der Waals surface area contributed by atoms with Gasteiger partial charge in [-0.2, -0.15) is 0 Å². The molecule has 0 unspecified atom stereocenters. The minimum atomic E-state index is 0. The summed E-state index contributed by atoms with van der Waals surface area (Å²) in [6.45, 7) is 2.50. The van der Waals surface area contributed by atoms with Crippen molar-refractivity contribution < 1.29 is 11.0 Å². The van der Waals surface area contributed by atoms with Crippen molar-refractivity contribution in [1.82, 2.24) is 0 Å². The fraction of sp³-hybridized carbons (Fsp3) is 0.222. The predicted molar refractivity (Wildman–Crippen MR) is 49.4 cm³/mol. The average Bonchev–Trinajstić information content (AvgIpc) is 2.09. The van der Waals surface area contributed by atoms with E-state index in [0.29, 0.717) is 24.5 Å². The zero-order valence-electron chi connectivity index (χ0n) is 6.91. The van der Waals surface area contributed by atoms with Gasteiger partial charge in [-0.25, -0.2) is 0 Å². The van der Waals surface area contributed by atoms with Crippen LogP contribution >= 0.6 is 0 Å². The van der Waals surface area contributed by atoms with Crippen molar-refractivity contribution >= 4 is 12.1 Å². The molecule has 1 N–H and O–H groups in total. The summed E-state index contributed by atoms with van der Waals surface area (Å²) in [4.78, 5) is 10.2. The number of para-hydroxylation sites is 2. The number of amides is 1. The van der Waals surface area contributed by atoms with Crippen LogP contribution in [0.1, 0.15) is 8.35 Å². The minimum absolute atomic E-state index is 0. The zero-order valence-corrected chi connectivity index (χ0v) is 6.91. The monoisotopic (exact) mass is 167 g/mol. The number of hydrogen-bond donors (Lipinski definition) is 1. The van der Waals surface area contributed by atoms with E-state index < -0.39 is 0 Å². The molecule has 1 amide bonds. The standard InChI is InChI=1S/C9H11NO2.H2/c1-2-12-9-6-4-3-5-8(9)10-7-11;/h3-7H,2H2,1H3,(H,10,11);1H. The van der Waals surface area contributed by atoms with Gasteiger partial charge in [-0.3, -0.25) is 4.79 Å². The lowest BCUT2D eigenvalue weighted by Crippen LogP contribution is -1.99. The molecule has 0 saturated heterocycles. The van der Waals surface area contributed by atoms with E-state index in [9.17, 15) is 4.79 Å². The Bertz CT molecular complexity index is 266. The van der Waals surface area contributed by atoms with Crippen molar-refractivity contribution in [2.45, 2.75) is 6.92 Å². The Balaban J connectivity index is 0.00000144. The van der Waals surface area contributed by atoms with E-state index in [1.54, 1.807) is 6.07 Å². The smallest absolute Gasteiger partial charge is 0.211 e. The third-order valence-corrected chi connectivity index (χ3v) is 1.40. The van der Waals surface area contributed by atoms with Gasteiger partial charge in [0.1, 0.15) is 5.75 Å². The molecule has 12 heavy (non-hydrogen) atoms. The molecule has 66 valence electrons. The van der Waals surface area contributed by atoms with Crippen LogP contribution in [0.3, 0.4) is 0 Å². The van der Waals surface area contributed by atoms with Crippen LogP contribution < -0.4 is 10.1 Å². The molecule has 0 heterocycles. The van der Waals surface area contributed by atoms with E-state index in [0.717, 1.165) is 0 Å². The van der Waals surface area contributed by atoms with Gasteiger partial charge in [-0.15, -0.1) is 0 Å². The quantitative estimate of drug-likeness (QED) is 0.695. The van der Waals surface area contributed by atoms with Crippen molar-refractivity contribution in [1.29, 1.82) is 0 Å². The maximum atomic E-state index is 10.2. The zero-order chi connectivity index (χ0) is 8.81. The van der Waals surface area contributed by atoms with Gasteiger partial charge in [0, 0.05) is 1.43 Å². The first-order valence-electron chi connectivity index (χ1n) is 3.80. The number of hydrogen-bond acceptors (Lipinski definition) is 2. The van der Waals surface area contributed by atoms with E-state index in [4.69, 9.17) is 4.74 Å². The lowest BCUT2D eigenvalue weighted by Gasteiger charge is -2.07. The summed E-state index contributed by atoms with van der Waals surface area (Å²) in [6, 6.07) is 7.31. The highest BCUT2D eigenvalue weighted by Crippen LogP contribution is 2.22. The molecule has 3 nitrogen and oxygen atoms in total. The van der Waals surface area contributed by atoms with Crippen LogP contribution in [-0.2, 0) is 4.79 Å². The Hall–Kier alpha value is -1.51. The number of carbonyl (C=O) groups excluding carboxylic acids is 1. The van der Waals surface area contributed by atoms with Crippen LogP contribution in [0.15, 0.2) is 24.3 Å². The van der Waals surface area contributed by atoms with Crippen LogP contribution in [0.2, 0.25) is 0 Å². The SMILES string of the molecule is CCOc1ccccc1NC=O.[HH]. The Kier molecular flexibility index (Phi) is 3.14. The predicted octanol–water partition coefficient (Wildman–Crippen LogP) is 1.90. The van der Waals surface area contributed by atoms with E-state index in [1.807, 2.05) is 25.1 Å². The summed E-state index contributed by atoms with van der Waals surface area (Å²) in [5.74, 6) is 0.701. The van der Waals surface area contributed by atoms with Crippen molar-refractivity contribution in [2.75, 3.05) is 11.9 Å². The van der Waals surface area contributed by atoms with E-state index in [-0.39, 0.29) is 1.43 Å². The highest BCUT2D eigenvalue weighted by molar-refractivity contribution is 5.75. The Morgan fingerprint density at radius 1 is 1.58 bits per heavy atom. The van der Waals surface area contributed by atoms with Crippen molar-refractivity contribution in [3.8, 4) is 5.75 Å². The number of benzene rings is 1. The van der Waals surface area contributed by atoms with Gasteiger partial charge in [-0.1, -0.05) is 12.1 Å². The van der Waals surface area contributed by atoms with Gasteiger partial charge in [0.2, 0.25) is 6.41 Å². The van der Waals surface area contributed by atoms with Crippen LogP contribution in [0, 0.1) is 0 Å². The fourth-order valence-electron chi connectivity index (χ4n) is 0.931. The average molecular weight is 167 g/mol. The molecule has 0 aliphatic carbocycles. The Labute approximate surface area is 72.8 Å². The molecule has 1 rings (SSSR count). The van der Waals surface area contributed by atoms with Crippen LogP contribution in [0.25, 0.3) is 0 Å². The molecular weight excluding hydrogens is 154 g/mol. The molecule has 0 radical (unpaired) electrons. The molecule has 3 heteroatoms. The van der Waals surface area contributed by atoms with Gasteiger partial charge >= 0.3 is 0 Å². The molecular formula is C9H13NO2. The van der Waals surface area contributed by atoms with E-state index in [1.165, 1.54) is 0 Å². The number of carbonyl (C=O) groups is 1. The summed E-state index contributed by atoms with van der Waals surface area (Å²) in [7, 11) is 0. The summed E-state index contributed by atoms with van der Waals surface area (Å²) >= 11 is 0. The lowest BCUT2D eigenvalue weighted by atomic mass is 10.3. The maximum absolute atomic E-state index is 10.2. The van der Waals surface area contributed by atoms with Crippen molar-refractivity contribution in [3.05, 3.63) is 24.3 Å². The highest BCUT2D eigenvalue weighted by atomic mass is 16.5. The Morgan fingerprint density at radius 3 is 3.00 bits per heavy atom. The minimum Gasteiger partial charge on any atom is -0.492 e. The first kappa shape index (κ1) is 8.59. The second-order valence-electron chi connectivity index (χ2n) is 2.19. The molecule has 0 atom stereocenters. The second-order valence-corrected chi connectivity index (χ2v) is 2.19. The van der Waals surface area contributed by atoms with E-state index >= 15 is 0 Å². The van der Waals surface area contributed by atoms with Crippen molar-refractivity contribution in [3.63, 3.8) is 0 Å². The number of rotatable bonds is 4. The molecule has 0 aromatic heterocycles. The first-order valence-corrected chi connectivity index (χ1v) is 3.80. The molecule has 1 aromatic carbocycles. The fourth-order valence-corrected chi connectivity index (χ4v) is 0.931. The summed E-state index contributed by atoms with van der Waals surface area (Å²) in [5.41, 5.74) is 0.703. The summed E-state index contributed by atoms with van der Waals surface area (Å²) in [5, 5.41) is 2.56. The normalized spacial score (nSPS) is 9.08. The maximum Gasteiger partial charge on any atom is 0.211 e. The van der Waals surface area contributed by atoms with Gasteiger partial charge in [0.25, 0.3) is 0 Å². The topological polar surface area (TPSA) is 38.3 Å². The number of nitrogens with one attached hydrogen (secondary N) is 1. The highest BCUT2D eigenvalue weighted by Gasteiger charge is 1.98. The number of ether oxygens (including phenoxy) is 1.